The summed E-state index contributed by atoms with van der Waals surface area (Å²) < 4.78 is 10.7. The molecule has 2 aromatic rings. The lowest BCUT2D eigenvalue weighted by Crippen LogP contribution is -2.30. The van der Waals surface area contributed by atoms with Gasteiger partial charge in [-0.3, -0.25) is 4.79 Å². The second-order valence-corrected chi connectivity index (χ2v) is 6.86. The van der Waals surface area contributed by atoms with Gasteiger partial charge >= 0.3 is 5.97 Å². The molecule has 1 atom stereocenters. The molecular formula is C17H19N3O4S. The Balaban J connectivity index is 2.24. The molecule has 2 aromatic heterocycles. The third-order valence-electron chi connectivity index (χ3n) is 3.95. The SMILES string of the molecule is CCSc1nc2c(c(=O)[nH]1)[C@@H](c1ccc(C)o1)C(C(=O)OC)=C(C)N2. The molecule has 0 unspecified atom stereocenters. The van der Waals surface area contributed by atoms with Crippen LogP contribution in [0.1, 0.15) is 36.8 Å². The van der Waals surface area contributed by atoms with Gasteiger partial charge < -0.3 is 19.5 Å². The van der Waals surface area contributed by atoms with Gasteiger partial charge in [-0.15, -0.1) is 0 Å². The number of esters is 1. The average Bonchev–Trinajstić information content (AvgIpc) is 2.99. The molecule has 0 radical (unpaired) electrons. The number of nitrogens with one attached hydrogen (secondary N) is 2. The van der Waals surface area contributed by atoms with E-state index in [9.17, 15) is 9.59 Å². The number of allylic oxidation sites excluding steroid dienone is 1. The number of hydrogen-bond donors (Lipinski definition) is 2. The lowest BCUT2D eigenvalue weighted by atomic mass is 9.86. The smallest absolute Gasteiger partial charge is 0.336 e. The number of aromatic nitrogens is 2. The van der Waals surface area contributed by atoms with Crippen LogP contribution in [0, 0.1) is 6.92 Å². The van der Waals surface area contributed by atoms with Crippen molar-refractivity contribution in [1.29, 1.82) is 0 Å². The molecule has 8 heteroatoms. The average molecular weight is 361 g/mol. The van der Waals surface area contributed by atoms with Gasteiger partial charge in [-0.05, 0) is 31.7 Å². The number of aromatic amines is 1. The number of fused-ring (bicyclic) bond motifs is 1. The highest BCUT2D eigenvalue weighted by Gasteiger charge is 2.38. The van der Waals surface area contributed by atoms with Crippen LogP contribution in [0.15, 0.2) is 37.8 Å². The van der Waals surface area contributed by atoms with Gasteiger partial charge in [-0.2, -0.15) is 0 Å². The lowest BCUT2D eigenvalue weighted by molar-refractivity contribution is -0.136. The molecule has 0 amide bonds. The zero-order chi connectivity index (χ0) is 18.1. The summed E-state index contributed by atoms with van der Waals surface area (Å²) in [5, 5.41) is 3.59. The number of carbonyl (C=O) groups is 1. The molecule has 0 bridgehead atoms. The minimum Gasteiger partial charge on any atom is -0.466 e. The third-order valence-corrected chi connectivity index (χ3v) is 4.71. The molecule has 1 aliphatic heterocycles. The first-order valence-corrected chi connectivity index (χ1v) is 8.84. The highest BCUT2D eigenvalue weighted by atomic mass is 32.2. The van der Waals surface area contributed by atoms with E-state index in [1.54, 1.807) is 19.1 Å². The van der Waals surface area contributed by atoms with Gasteiger partial charge in [-0.1, -0.05) is 18.7 Å². The number of hydrogen-bond acceptors (Lipinski definition) is 7. The topological polar surface area (TPSA) is 97.2 Å². The van der Waals surface area contributed by atoms with Gasteiger partial charge in [0.25, 0.3) is 5.56 Å². The number of thioether (sulfide) groups is 1. The molecule has 2 N–H and O–H groups in total. The largest absolute Gasteiger partial charge is 0.466 e. The molecule has 1 aliphatic rings. The molecule has 0 fully saturated rings. The van der Waals surface area contributed by atoms with E-state index < -0.39 is 11.9 Å². The van der Waals surface area contributed by atoms with E-state index >= 15 is 0 Å². The van der Waals surface area contributed by atoms with Crippen molar-refractivity contribution in [2.24, 2.45) is 0 Å². The Kier molecular flexibility index (Phi) is 4.71. The van der Waals surface area contributed by atoms with Crippen molar-refractivity contribution in [3.63, 3.8) is 0 Å². The molecule has 0 aliphatic carbocycles. The summed E-state index contributed by atoms with van der Waals surface area (Å²) in [5.74, 6) is 1.23. The summed E-state index contributed by atoms with van der Waals surface area (Å²) in [6, 6.07) is 3.56. The monoisotopic (exact) mass is 361 g/mol. The van der Waals surface area contributed by atoms with E-state index in [1.807, 2.05) is 13.8 Å². The van der Waals surface area contributed by atoms with Crippen molar-refractivity contribution in [2.75, 3.05) is 18.2 Å². The Morgan fingerprint density at radius 2 is 2.16 bits per heavy atom. The van der Waals surface area contributed by atoms with Crippen LogP contribution in [-0.2, 0) is 9.53 Å². The van der Waals surface area contributed by atoms with E-state index in [0.29, 0.717) is 39.3 Å². The van der Waals surface area contributed by atoms with Gasteiger partial charge in [0.05, 0.1) is 24.2 Å². The molecule has 0 spiro atoms. The first kappa shape index (κ1) is 17.3. The molecule has 25 heavy (non-hydrogen) atoms. The first-order valence-electron chi connectivity index (χ1n) is 7.85. The van der Waals surface area contributed by atoms with E-state index in [1.165, 1.54) is 18.9 Å². The summed E-state index contributed by atoms with van der Waals surface area (Å²) in [5.41, 5.74) is 0.971. The number of rotatable bonds is 4. The van der Waals surface area contributed by atoms with Crippen molar-refractivity contribution >= 4 is 23.5 Å². The fourth-order valence-electron chi connectivity index (χ4n) is 2.91. The quantitative estimate of drug-likeness (QED) is 0.491. The van der Waals surface area contributed by atoms with Crippen molar-refractivity contribution in [3.8, 4) is 0 Å². The number of aryl methyl sites for hydroxylation is 1. The van der Waals surface area contributed by atoms with Gasteiger partial charge in [0.15, 0.2) is 5.16 Å². The second-order valence-electron chi connectivity index (χ2n) is 5.60. The molecule has 0 saturated heterocycles. The number of nitrogens with zero attached hydrogens (tertiary/aromatic N) is 1. The maximum absolute atomic E-state index is 12.7. The minimum atomic E-state index is -0.672. The first-order chi connectivity index (χ1) is 12.0. The van der Waals surface area contributed by atoms with E-state index in [-0.39, 0.29) is 5.56 Å². The standard InChI is InChI=1S/C17H19N3O4S/c1-5-25-17-19-14-13(15(21)20-17)12(10-7-6-8(2)24-10)11(9(3)18-14)16(22)23-4/h6-7,12H,5H2,1-4H3,(H2,18,19,20,21)/t12-/m0/s1. The Hall–Kier alpha value is -2.48. The predicted molar refractivity (Wildman–Crippen MR) is 94.9 cm³/mol. The van der Waals surface area contributed by atoms with Crippen LogP contribution in [0.25, 0.3) is 0 Å². The van der Waals surface area contributed by atoms with Crippen LogP contribution in [0.4, 0.5) is 5.82 Å². The number of ether oxygens (including phenoxy) is 1. The van der Waals surface area contributed by atoms with Gasteiger partial charge in [0.2, 0.25) is 0 Å². The molecular weight excluding hydrogens is 342 g/mol. The maximum atomic E-state index is 12.7. The highest BCUT2D eigenvalue weighted by molar-refractivity contribution is 7.99. The fourth-order valence-corrected chi connectivity index (χ4v) is 3.50. The Morgan fingerprint density at radius 1 is 1.40 bits per heavy atom. The van der Waals surface area contributed by atoms with E-state index in [2.05, 4.69) is 15.3 Å². The molecule has 7 nitrogen and oxygen atoms in total. The van der Waals surface area contributed by atoms with E-state index in [4.69, 9.17) is 9.15 Å². The number of methoxy groups -OCH3 is 1. The van der Waals surface area contributed by atoms with Crippen molar-refractivity contribution in [3.05, 3.63) is 50.8 Å². The number of anilines is 1. The highest BCUT2D eigenvalue weighted by Crippen LogP contribution is 2.40. The number of furan rings is 1. The maximum Gasteiger partial charge on any atom is 0.336 e. The Morgan fingerprint density at radius 3 is 2.76 bits per heavy atom. The summed E-state index contributed by atoms with van der Waals surface area (Å²) in [6.45, 7) is 5.54. The zero-order valence-corrected chi connectivity index (χ0v) is 15.2. The van der Waals surface area contributed by atoms with E-state index in [0.717, 1.165) is 5.75 Å². The summed E-state index contributed by atoms with van der Waals surface area (Å²) >= 11 is 1.44. The van der Waals surface area contributed by atoms with Crippen LogP contribution in [-0.4, -0.2) is 28.8 Å². The van der Waals surface area contributed by atoms with Crippen molar-refractivity contribution in [2.45, 2.75) is 31.8 Å². The zero-order valence-electron chi connectivity index (χ0n) is 14.4. The van der Waals surface area contributed by atoms with Crippen LogP contribution in [0.2, 0.25) is 0 Å². The predicted octanol–water partition coefficient (Wildman–Crippen LogP) is 2.79. The summed E-state index contributed by atoms with van der Waals surface area (Å²) in [6.07, 6.45) is 0. The lowest BCUT2D eigenvalue weighted by Gasteiger charge is -2.27. The Bertz CT molecular complexity index is 913. The molecule has 3 rings (SSSR count). The fraction of sp³-hybridized carbons (Fsp3) is 0.353. The summed E-state index contributed by atoms with van der Waals surface area (Å²) in [7, 11) is 1.31. The van der Waals surface area contributed by atoms with Crippen LogP contribution in [0.5, 0.6) is 0 Å². The minimum absolute atomic E-state index is 0.304. The van der Waals surface area contributed by atoms with Crippen LogP contribution >= 0.6 is 11.8 Å². The normalized spacial score (nSPS) is 16.4. The molecule has 0 aromatic carbocycles. The van der Waals surface area contributed by atoms with Crippen molar-refractivity contribution < 1.29 is 13.9 Å². The van der Waals surface area contributed by atoms with Gasteiger partial charge in [0, 0.05) is 5.70 Å². The van der Waals surface area contributed by atoms with Crippen LogP contribution < -0.4 is 10.9 Å². The Labute approximate surface area is 148 Å². The molecule has 3 heterocycles. The molecule has 0 saturated carbocycles. The number of carbonyl (C=O) groups excluding carboxylic acids is 1. The third kappa shape index (κ3) is 3.09. The van der Waals surface area contributed by atoms with Crippen LogP contribution in [0.3, 0.4) is 0 Å². The summed E-state index contributed by atoms with van der Waals surface area (Å²) in [4.78, 5) is 32.4. The molecule has 132 valence electrons. The number of H-pyrrole nitrogens is 1. The van der Waals surface area contributed by atoms with Gasteiger partial charge in [0.1, 0.15) is 17.3 Å². The van der Waals surface area contributed by atoms with Gasteiger partial charge in [-0.25, -0.2) is 9.78 Å². The van der Waals surface area contributed by atoms with Crippen molar-refractivity contribution in [1.82, 2.24) is 9.97 Å². The second kappa shape index (κ2) is 6.79.